The Hall–Kier alpha value is -2.34. The number of guanidine groups is 1. The Morgan fingerprint density at radius 2 is 1.90 bits per heavy atom. The fraction of sp³-hybridized carbons (Fsp3) is 0. The summed E-state index contributed by atoms with van der Waals surface area (Å²) in [5.74, 6) is -0.0941. The molecule has 0 amide bonds. The van der Waals surface area contributed by atoms with Gasteiger partial charge < -0.3 is 16.0 Å². The highest BCUT2D eigenvalue weighted by Gasteiger charge is 2.09. The number of para-hydroxylation sites is 1. The van der Waals surface area contributed by atoms with Gasteiger partial charge in [-0.2, -0.15) is 0 Å². The van der Waals surface area contributed by atoms with Crippen LogP contribution in [-0.4, -0.2) is 16.2 Å². The number of aromatic nitrogens is 1. The summed E-state index contributed by atoms with van der Waals surface area (Å²) in [7, 11) is 0. The molecule has 0 fully saturated rings. The number of benzene rings is 1. The van der Waals surface area contributed by atoms with E-state index in [1.54, 1.807) is 6.08 Å². The van der Waals surface area contributed by atoms with Gasteiger partial charge in [-0.15, -0.1) is 10.2 Å². The van der Waals surface area contributed by atoms with Crippen LogP contribution in [0.3, 0.4) is 0 Å². The van der Waals surface area contributed by atoms with E-state index in [4.69, 9.17) is 11.5 Å². The molecule has 2 rings (SSSR count). The first kappa shape index (κ1) is 14.1. The molecular formula is C14H14BrN5. The highest BCUT2D eigenvalue weighted by Crippen LogP contribution is 2.23. The minimum Gasteiger partial charge on any atom is -0.369 e. The lowest BCUT2D eigenvalue weighted by Gasteiger charge is -2.10. The van der Waals surface area contributed by atoms with E-state index in [9.17, 15) is 0 Å². The monoisotopic (exact) mass is 331 g/mol. The smallest absolute Gasteiger partial charge is 0.211 e. The highest BCUT2D eigenvalue weighted by atomic mass is 79.9. The van der Waals surface area contributed by atoms with E-state index in [2.05, 4.69) is 32.7 Å². The molecule has 1 aromatic carbocycles. The Morgan fingerprint density at radius 1 is 1.15 bits per heavy atom. The number of halogens is 1. The lowest BCUT2D eigenvalue weighted by atomic mass is 10.2. The summed E-state index contributed by atoms with van der Waals surface area (Å²) in [6, 6.07) is 11.7. The molecule has 0 unspecified atom stereocenters. The van der Waals surface area contributed by atoms with Crippen molar-refractivity contribution in [1.82, 2.24) is 4.57 Å². The second-order valence-corrected chi connectivity index (χ2v) is 4.78. The molecule has 0 spiro atoms. The largest absolute Gasteiger partial charge is 0.369 e. The first-order valence-electron chi connectivity index (χ1n) is 5.85. The maximum atomic E-state index is 5.29. The molecule has 0 saturated heterocycles. The molecule has 0 radical (unpaired) electrons. The average Bonchev–Trinajstić information content (AvgIpc) is 2.89. The predicted octanol–water partition coefficient (Wildman–Crippen LogP) is 2.40. The quantitative estimate of drug-likeness (QED) is 0.512. The number of nitrogens with zero attached hydrogens (tertiary/aromatic N) is 3. The zero-order valence-electron chi connectivity index (χ0n) is 10.7. The number of hydrogen-bond donors (Lipinski definition) is 2. The zero-order valence-corrected chi connectivity index (χ0v) is 12.3. The first-order chi connectivity index (χ1) is 9.63. The van der Waals surface area contributed by atoms with Crippen molar-refractivity contribution in [3.63, 3.8) is 0 Å². The van der Waals surface area contributed by atoms with Crippen LogP contribution in [0.2, 0.25) is 0 Å². The van der Waals surface area contributed by atoms with Crippen LogP contribution in [0.25, 0.3) is 5.69 Å². The molecule has 0 atom stereocenters. The lowest BCUT2D eigenvalue weighted by Crippen LogP contribution is -2.22. The fourth-order valence-electron chi connectivity index (χ4n) is 1.76. The summed E-state index contributed by atoms with van der Waals surface area (Å²) in [4.78, 5) is 0. The van der Waals surface area contributed by atoms with Gasteiger partial charge in [0, 0.05) is 10.7 Å². The van der Waals surface area contributed by atoms with Gasteiger partial charge in [-0.05, 0) is 46.3 Å². The molecule has 5 nitrogen and oxygen atoms in total. The lowest BCUT2D eigenvalue weighted by molar-refractivity contribution is 1.05. The van der Waals surface area contributed by atoms with E-state index >= 15 is 0 Å². The first-order valence-corrected chi connectivity index (χ1v) is 6.64. The molecule has 2 aromatic rings. The summed E-state index contributed by atoms with van der Waals surface area (Å²) in [6.45, 7) is 3.75. The number of allylic oxidation sites excluding steroid dienone is 1. The third-order valence-corrected chi connectivity index (χ3v) is 3.26. The van der Waals surface area contributed by atoms with E-state index in [0.717, 1.165) is 15.9 Å². The van der Waals surface area contributed by atoms with E-state index in [0.29, 0.717) is 5.71 Å². The van der Waals surface area contributed by atoms with Gasteiger partial charge in [-0.25, -0.2) is 0 Å². The van der Waals surface area contributed by atoms with Crippen molar-refractivity contribution >= 4 is 27.6 Å². The van der Waals surface area contributed by atoms with Gasteiger partial charge in [0.25, 0.3) is 0 Å². The van der Waals surface area contributed by atoms with Crippen molar-refractivity contribution in [2.24, 2.45) is 21.7 Å². The van der Waals surface area contributed by atoms with Crippen molar-refractivity contribution < 1.29 is 0 Å². The summed E-state index contributed by atoms with van der Waals surface area (Å²) in [5.41, 5.74) is 13.0. The second kappa shape index (κ2) is 6.21. The summed E-state index contributed by atoms with van der Waals surface area (Å²) >= 11 is 3.53. The normalized spacial score (nSPS) is 11.2. The molecule has 102 valence electrons. The van der Waals surface area contributed by atoms with Crippen LogP contribution in [0.4, 0.5) is 0 Å². The topological polar surface area (TPSA) is 81.7 Å². The average molecular weight is 332 g/mol. The minimum atomic E-state index is -0.0941. The van der Waals surface area contributed by atoms with Crippen molar-refractivity contribution in [2.45, 2.75) is 0 Å². The van der Waals surface area contributed by atoms with Gasteiger partial charge >= 0.3 is 0 Å². The molecule has 0 aliphatic heterocycles. The van der Waals surface area contributed by atoms with Crippen molar-refractivity contribution in [1.29, 1.82) is 0 Å². The Balaban J connectivity index is 2.53. The molecule has 0 aliphatic rings. The van der Waals surface area contributed by atoms with Crippen molar-refractivity contribution in [2.75, 3.05) is 0 Å². The number of rotatable bonds is 4. The standard InChI is InChI=1S/C14H14BrN5/c1-2-11(18-19-14(16)17)13-8-5-9-20(13)12-7-4-3-6-10(12)15/h2-9H,1H2,(H4,16,17,19). The fourth-order valence-corrected chi connectivity index (χ4v) is 2.23. The Labute approximate surface area is 125 Å². The minimum absolute atomic E-state index is 0.0941. The van der Waals surface area contributed by atoms with Crippen LogP contribution in [0.5, 0.6) is 0 Å². The predicted molar refractivity (Wildman–Crippen MR) is 86.0 cm³/mol. The number of hydrogen-bond acceptors (Lipinski definition) is 2. The molecule has 0 aliphatic carbocycles. The van der Waals surface area contributed by atoms with Gasteiger partial charge in [0.1, 0.15) is 5.71 Å². The Bertz CT molecular complexity index is 680. The molecule has 20 heavy (non-hydrogen) atoms. The summed E-state index contributed by atoms with van der Waals surface area (Å²) < 4.78 is 2.95. The molecule has 1 aromatic heterocycles. The van der Waals surface area contributed by atoms with Gasteiger partial charge in [0.2, 0.25) is 5.96 Å². The molecule has 1 heterocycles. The number of nitrogens with two attached hydrogens (primary N) is 2. The molecule has 0 bridgehead atoms. The summed E-state index contributed by atoms with van der Waals surface area (Å²) in [6.07, 6.45) is 3.54. The van der Waals surface area contributed by atoms with E-state index in [1.165, 1.54) is 0 Å². The van der Waals surface area contributed by atoms with Crippen LogP contribution in [0.1, 0.15) is 5.69 Å². The molecule has 4 N–H and O–H groups in total. The van der Waals surface area contributed by atoms with Crippen LogP contribution in [-0.2, 0) is 0 Å². The van der Waals surface area contributed by atoms with Gasteiger partial charge in [0.05, 0.1) is 11.4 Å². The maximum absolute atomic E-state index is 5.29. The van der Waals surface area contributed by atoms with Gasteiger partial charge in [-0.1, -0.05) is 18.7 Å². The molecule has 0 saturated carbocycles. The highest BCUT2D eigenvalue weighted by molar-refractivity contribution is 9.10. The van der Waals surface area contributed by atoms with E-state index in [-0.39, 0.29) is 5.96 Å². The van der Waals surface area contributed by atoms with Crippen LogP contribution >= 0.6 is 15.9 Å². The molecular weight excluding hydrogens is 318 g/mol. The van der Waals surface area contributed by atoms with Crippen LogP contribution < -0.4 is 11.5 Å². The van der Waals surface area contributed by atoms with E-state index in [1.807, 2.05) is 47.2 Å². The third-order valence-electron chi connectivity index (χ3n) is 2.59. The molecule has 6 heteroatoms. The Morgan fingerprint density at radius 3 is 2.55 bits per heavy atom. The van der Waals surface area contributed by atoms with Crippen molar-refractivity contribution in [3.8, 4) is 5.69 Å². The van der Waals surface area contributed by atoms with Gasteiger partial charge in [0.15, 0.2) is 0 Å². The van der Waals surface area contributed by atoms with Crippen LogP contribution in [0, 0.1) is 0 Å². The summed E-state index contributed by atoms with van der Waals surface area (Å²) in [5, 5.41) is 7.67. The van der Waals surface area contributed by atoms with Crippen molar-refractivity contribution in [3.05, 3.63) is 65.4 Å². The van der Waals surface area contributed by atoms with Gasteiger partial charge in [-0.3, -0.25) is 0 Å². The Kier molecular flexibility index (Phi) is 4.37. The van der Waals surface area contributed by atoms with Crippen LogP contribution in [0.15, 0.2) is 69.9 Å². The third kappa shape index (κ3) is 2.97. The van der Waals surface area contributed by atoms with E-state index < -0.39 is 0 Å². The zero-order chi connectivity index (χ0) is 14.5. The SMILES string of the molecule is C=CC(=NN=C(N)N)c1cccn1-c1ccccc1Br. The maximum Gasteiger partial charge on any atom is 0.211 e. The second-order valence-electron chi connectivity index (χ2n) is 3.93.